The summed E-state index contributed by atoms with van der Waals surface area (Å²) in [7, 11) is -2.67. The van der Waals surface area contributed by atoms with E-state index >= 15 is 0 Å². The quantitative estimate of drug-likeness (QED) is 0.378. The van der Waals surface area contributed by atoms with Gasteiger partial charge >= 0.3 is 0 Å². The highest BCUT2D eigenvalue weighted by Crippen LogP contribution is 2.37. The number of benzene rings is 2. The van der Waals surface area contributed by atoms with E-state index in [2.05, 4.69) is 4.98 Å². The third-order valence-electron chi connectivity index (χ3n) is 3.59. The highest BCUT2D eigenvalue weighted by atomic mass is 31.1. The summed E-state index contributed by atoms with van der Waals surface area (Å²) in [5.74, 6) is -8.38. The van der Waals surface area contributed by atoms with E-state index in [1.54, 1.807) is 13.0 Å². The van der Waals surface area contributed by atoms with Crippen LogP contribution in [0.25, 0.3) is 0 Å². The van der Waals surface area contributed by atoms with Crippen LogP contribution in [0.3, 0.4) is 0 Å². The molecule has 0 aliphatic carbocycles. The molecule has 1 aromatic heterocycles. The average Bonchev–Trinajstić information content (AvgIpc) is 2.60. The molecule has 0 unspecified atom stereocenters. The summed E-state index contributed by atoms with van der Waals surface area (Å²) in [6, 6.07) is 6.74. The molecule has 2 aromatic carbocycles. The first kappa shape index (κ1) is 18.4. The molecule has 1 nitrogen and oxygen atoms in total. The molecule has 134 valence electrons. The minimum atomic E-state index is -2.67. The van der Waals surface area contributed by atoms with Crippen molar-refractivity contribution in [3.8, 4) is 0 Å². The number of aryl methyl sites for hydroxylation is 1. The van der Waals surface area contributed by atoms with Crippen molar-refractivity contribution in [2.24, 2.45) is 0 Å². The Balaban J connectivity index is 2.40. The molecule has 0 saturated carbocycles. The number of nitrogens with zero attached hydrogens (tertiary/aromatic N) is 1. The maximum absolute atomic E-state index is 14.4. The van der Waals surface area contributed by atoms with Gasteiger partial charge in [-0.3, -0.25) is 4.98 Å². The molecule has 0 aliphatic heterocycles. The predicted octanol–water partition coefficient (Wildman–Crippen LogP) is 3.98. The van der Waals surface area contributed by atoms with Crippen molar-refractivity contribution in [2.75, 3.05) is 0 Å². The monoisotopic (exact) mass is 385 g/mol. The van der Waals surface area contributed by atoms with E-state index in [4.69, 9.17) is 0 Å². The zero-order valence-corrected chi connectivity index (χ0v) is 14.1. The standard InChI is InChI=1S/C18H10F6NP/c1-9-3-2-4-14(25-9)26(17-12(21)7-5-10(19)15(17)23)18-13(22)8-6-11(20)16(18)24/h2-8H,1H3. The van der Waals surface area contributed by atoms with Crippen molar-refractivity contribution in [1.29, 1.82) is 0 Å². The van der Waals surface area contributed by atoms with Crippen LogP contribution in [-0.4, -0.2) is 4.98 Å². The van der Waals surface area contributed by atoms with Crippen molar-refractivity contribution < 1.29 is 26.3 Å². The van der Waals surface area contributed by atoms with Crippen molar-refractivity contribution in [2.45, 2.75) is 6.92 Å². The zero-order chi connectivity index (χ0) is 19.0. The Morgan fingerprint density at radius 1 is 0.654 bits per heavy atom. The summed E-state index contributed by atoms with van der Waals surface area (Å²) in [6.45, 7) is 1.56. The first-order valence-corrected chi connectivity index (χ1v) is 8.66. The second-order valence-electron chi connectivity index (χ2n) is 5.36. The number of rotatable bonds is 3. The molecule has 0 spiro atoms. The van der Waals surface area contributed by atoms with Gasteiger partial charge in [-0.25, -0.2) is 26.3 Å². The van der Waals surface area contributed by atoms with E-state index < -0.39 is 53.4 Å². The molecule has 0 atom stereocenters. The minimum Gasteiger partial charge on any atom is -0.253 e. The van der Waals surface area contributed by atoms with E-state index in [9.17, 15) is 26.3 Å². The number of halogens is 6. The Bertz CT molecular complexity index is 934. The lowest BCUT2D eigenvalue weighted by atomic mass is 10.3. The van der Waals surface area contributed by atoms with E-state index in [1.807, 2.05) is 0 Å². The smallest absolute Gasteiger partial charge is 0.170 e. The van der Waals surface area contributed by atoms with Crippen LogP contribution in [0.1, 0.15) is 5.69 Å². The van der Waals surface area contributed by atoms with Crippen molar-refractivity contribution in [3.63, 3.8) is 0 Å². The minimum absolute atomic E-state index is 0.0909. The maximum Gasteiger partial charge on any atom is 0.170 e. The molecule has 0 amide bonds. The fourth-order valence-electron chi connectivity index (χ4n) is 2.44. The number of pyridine rings is 1. The molecule has 0 bridgehead atoms. The van der Waals surface area contributed by atoms with Gasteiger partial charge in [-0.2, -0.15) is 0 Å². The van der Waals surface area contributed by atoms with Gasteiger partial charge in [0, 0.05) is 13.6 Å². The Labute approximate surface area is 146 Å². The van der Waals surface area contributed by atoms with Crippen LogP contribution in [-0.2, 0) is 0 Å². The van der Waals surface area contributed by atoms with Gasteiger partial charge in [-0.15, -0.1) is 0 Å². The summed E-state index contributed by atoms with van der Waals surface area (Å²) in [5, 5.41) is -1.78. The first-order valence-electron chi connectivity index (χ1n) is 7.32. The van der Waals surface area contributed by atoms with Crippen LogP contribution in [0, 0.1) is 41.8 Å². The summed E-state index contributed by atoms with van der Waals surface area (Å²) in [4.78, 5) is 4.07. The largest absolute Gasteiger partial charge is 0.253 e. The average molecular weight is 385 g/mol. The molecular weight excluding hydrogens is 375 g/mol. The van der Waals surface area contributed by atoms with Gasteiger partial charge in [0.2, 0.25) is 0 Å². The summed E-state index contributed by atoms with van der Waals surface area (Å²) in [6.07, 6.45) is 0. The molecule has 3 aromatic rings. The number of hydrogen-bond acceptors (Lipinski definition) is 1. The Hall–Kier alpha value is -2.40. The van der Waals surface area contributed by atoms with Crippen molar-refractivity contribution in [3.05, 3.63) is 83.1 Å². The highest BCUT2D eigenvalue weighted by molar-refractivity contribution is 7.79. The molecule has 0 radical (unpaired) electrons. The van der Waals surface area contributed by atoms with Gasteiger partial charge in [0.25, 0.3) is 0 Å². The maximum atomic E-state index is 14.4. The Morgan fingerprint density at radius 3 is 1.58 bits per heavy atom. The summed E-state index contributed by atoms with van der Waals surface area (Å²) >= 11 is 0. The van der Waals surface area contributed by atoms with Crippen molar-refractivity contribution in [1.82, 2.24) is 4.98 Å². The van der Waals surface area contributed by atoms with Crippen LogP contribution in [0.15, 0.2) is 42.5 Å². The fraction of sp³-hybridized carbons (Fsp3) is 0.0556. The Kier molecular flexibility index (Phi) is 5.01. The molecule has 3 rings (SSSR count). The van der Waals surface area contributed by atoms with Gasteiger partial charge in [-0.1, -0.05) is 6.07 Å². The van der Waals surface area contributed by atoms with Gasteiger partial charge < -0.3 is 0 Å². The van der Waals surface area contributed by atoms with Crippen LogP contribution in [0.2, 0.25) is 0 Å². The van der Waals surface area contributed by atoms with Gasteiger partial charge in [0.15, 0.2) is 23.3 Å². The van der Waals surface area contributed by atoms with E-state index in [0.717, 1.165) is 0 Å². The van der Waals surface area contributed by atoms with Crippen LogP contribution in [0.4, 0.5) is 26.3 Å². The molecular formula is C18H10F6NP. The van der Waals surface area contributed by atoms with Gasteiger partial charge in [0.1, 0.15) is 11.6 Å². The van der Waals surface area contributed by atoms with Crippen LogP contribution < -0.4 is 16.0 Å². The van der Waals surface area contributed by atoms with Crippen LogP contribution in [0.5, 0.6) is 0 Å². The molecule has 0 saturated heterocycles. The third kappa shape index (κ3) is 3.19. The number of aromatic nitrogens is 1. The second kappa shape index (κ2) is 7.08. The Morgan fingerprint density at radius 2 is 1.12 bits per heavy atom. The van der Waals surface area contributed by atoms with Gasteiger partial charge in [-0.05, 0) is 43.3 Å². The topological polar surface area (TPSA) is 12.9 Å². The second-order valence-corrected chi connectivity index (χ2v) is 7.38. The summed E-state index contributed by atoms with van der Waals surface area (Å²) in [5.41, 5.74) is 0.316. The molecule has 0 aliphatic rings. The number of hydrogen-bond donors (Lipinski definition) is 0. The molecule has 0 fully saturated rings. The van der Waals surface area contributed by atoms with E-state index in [-0.39, 0.29) is 5.44 Å². The van der Waals surface area contributed by atoms with Crippen molar-refractivity contribution >= 4 is 24.0 Å². The summed E-state index contributed by atoms with van der Waals surface area (Å²) < 4.78 is 84.9. The SMILES string of the molecule is Cc1cccc(P(c2c(F)ccc(F)c2F)c2c(F)ccc(F)c2F)n1. The lowest BCUT2D eigenvalue weighted by Crippen LogP contribution is -2.31. The lowest BCUT2D eigenvalue weighted by molar-refractivity contribution is 0.501. The first-order chi connectivity index (χ1) is 12.3. The van der Waals surface area contributed by atoms with E-state index in [0.29, 0.717) is 30.0 Å². The molecule has 26 heavy (non-hydrogen) atoms. The highest BCUT2D eigenvalue weighted by Gasteiger charge is 2.32. The predicted molar refractivity (Wildman–Crippen MR) is 87.4 cm³/mol. The normalized spacial score (nSPS) is 11.2. The van der Waals surface area contributed by atoms with Gasteiger partial charge in [0.05, 0.1) is 16.0 Å². The zero-order valence-electron chi connectivity index (χ0n) is 13.2. The molecule has 8 heteroatoms. The molecule has 0 N–H and O–H groups in total. The van der Waals surface area contributed by atoms with E-state index in [1.165, 1.54) is 12.1 Å². The fourth-order valence-corrected chi connectivity index (χ4v) is 4.79. The lowest BCUT2D eigenvalue weighted by Gasteiger charge is -2.21. The van der Waals surface area contributed by atoms with Crippen LogP contribution >= 0.6 is 7.92 Å². The molecule has 1 heterocycles. The third-order valence-corrected chi connectivity index (χ3v) is 6.01.